The van der Waals surface area contributed by atoms with Crippen LogP contribution in [0.1, 0.15) is 20.8 Å². The summed E-state index contributed by atoms with van der Waals surface area (Å²) in [6.45, 7) is 1.86. The number of nitrogens with zero attached hydrogens (tertiary/aromatic N) is 2. The largest absolute Gasteiger partial charge is 0.358 e. The fourth-order valence-electron chi connectivity index (χ4n) is 3.23. The number of nitrogens with one attached hydrogen (secondary N) is 1. The molecule has 1 N–H and O–H groups in total. The molecule has 0 spiro atoms. The number of likely N-dealkylation sites (N-methyl/N-ethyl adjacent to an activating group) is 1. The van der Waals surface area contributed by atoms with Crippen LogP contribution in [0, 0.1) is 5.82 Å². The Balaban J connectivity index is 1.45. The summed E-state index contributed by atoms with van der Waals surface area (Å²) in [5.41, 5.74) is 3.21. The van der Waals surface area contributed by atoms with Gasteiger partial charge in [0.15, 0.2) is 0 Å². The molecule has 0 bridgehead atoms. The van der Waals surface area contributed by atoms with Crippen LogP contribution in [-0.2, 0) is 6.54 Å². The molecule has 3 aromatic rings. The summed E-state index contributed by atoms with van der Waals surface area (Å²) in [5.74, 6) is 0.373. The summed E-state index contributed by atoms with van der Waals surface area (Å²) in [4.78, 5) is 19.2. The minimum Gasteiger partial charge on any atom is -0.358 e. The highest BCUT2D eigenvalue weighted by Gasteiger charge is 2.15. The molecule has 0 saturated heterocycles. The second kappa shape index (κ2) is 8.35. The van der Waals surface area contributed by atoms with E-state index in [1.54, 1.807) is 18.2 Å². The predicted molar refractivity (Wildman–Crippen MR) is 116 cm³/mol. The van der Waals surface area contributed by atoms with Crippen LogP contribution in [0.5, 0.6) is 0 Å². The third-order valence-electron chi connectivity index (χ3n) is 4.82. The molecule has 0 atom stereocenters. The van der Waals surface area contributed by atoms with Gasteiger partial charge in [0.2, 0.25) is 0 Å². The maximum atomic E-state index is 14.6. The molecule has 1 aliphatic rings. The molecule has 29 heavy (non-hydrogen) atoms. The summed E-state index contributed by atoms with van der Waals surface area (Å²) in [6, 6.07) is 16.3. The Morgan fingerprint density at radius 1 is 1.14 bits per heavy atom. The molecule has 0 unspecified atom stereocenters. The average Bonchev–Trinajstić information content (AvgIpc) is 3.35. The molecule has 2 heterocycles. The first-order valence-corrected chi connectivity index (χ1v) is 10.4. The van der Waals surface area contributed by atoms with Crippen molar-refractivity contribution >= 4 is 34.7 Å². The SMILES string of the molecule is CN1CCN=C1c1ccc(-c2ccc(CNC(=O)c3ccc(Cl)s3)c(F)c2)cc1. The van der Waals surface area contributed by atoms with E-state index in [1.807, 2.05) is 37.4 Å². The topological polar surface area (TPSA) is 44.7 Å². The van der Waals surface area contributed by atoms with E-state index in [0.717, 1.165) is 35.6 Å². The molecule has 0 radical (unpaired) electrons. The van der Waals surface area contributed by atoms with E-state index in [-0.39, 0.29) is 18.3 Å². The fourth-order valence-corrected chi connectivity index (χ4v) is 4.18. The number of hydrogen-bond donors (Lipinski definition) is 1. The van der Waals surface area contributed by atoms with E-state index in [9.17, 15) is 9.18 Å². The summed E-state index contributed by atoms with van der Waals surface area (Å²) < 4.78 is 15.1. The summed E-state index contributed by atoms with van der Waals surface area (Å²) >= 11 is 7.04. The molecule has 0 fully saturated rings. The van der Waals surface area contributed by atoms with Crippen molar-refractivity contribution in [1.82, 2.24) is 10.2 Å². The van der Waals surface area contributed by atoms with Crippen LogP contribution in [0.15, 0.2) is 59.6 Å². The van der Waals surface area contributed by atoms with Crippen molar-refractivity contribution in [2.45, 2.75) is 6.54 Å². The number of amides is 1. The third kappa shape index (κ3) is 4.33. The van der Waals surface area contributed by atoms with Gasteiger partial charge in [-0.25, -0.2) is 4.39 Å². The first-order valence-electron chi connectivity index (χ1n) is 9.19. The quantitative estimate of drug-likeness (QED) is 0.633. The first kappa shape index (κ1) is 19.6. The van der Waals surface area contributed by atoms with Gasteiger partial charge < -0.3 is 10.2 Å². The smallest absolute Gasteiger partial charge is 0.261 e. The van der Waals surface area contributed by atoms with Crippen molar-refractivity contribution in [3.8, 4) is 11.1 Å². The number of carbonyl (C=O) groups excluding carboxylic acids is 1. The number of hydrogen-bond acceptors (Lipinski definition) is 4. The van der Waals surface area contributed by atoms with Crippen molar-refractivity contribution < 1.29 is 9.18 Å². The molecular weight excluding hydrogens is 409 g/mol. The summed E-state index contributed by atoms with van der Waals surface area (Å²) in [6.07, 6.45) is 0. The number of rotatable bonds is 5. The average molecular weight is 428 g/mol. The minimum atomic E-state index is -0.351. The van der Waals surface area contributed by atoms with E-state index in [0.29, 0.717) is 14.8 Å². The molecule has 1 amide bonds. The molecule has 4 rings (SSSR count). The van der Waals surface area contributed by atoms with Crippen LogP contribution in [0.4, 0.5) is 4.39 Å². The number of benzene rings is 2. The van der Waals surface area contributed by atoms with E-state index in [2.05, 4.69) is 15.2 Å². The molecule has 4 nitrogen and oxygen atoms in total. The number of halogens is 2. The van der Waals surface area contributed by atoms with Crippen LogP contribution in [0.3, 0.4) is 0 Å². The Morgan fingerprint density at radius 3 is 2.48 bits per heavy atom. The molecule has 1 aromatic heterocycles. The number of thiophene rings is 1. The monoisotopic (exact) mass is 427 g/mol. The van der Waals surface area contributed by atoms with Gasteiger partial charge in [-0.1, -0.05) is 48.0 Å². The maximum absolute atomic E-state index is 14.6. The predicted octanol–water partition coefficient (Wildman–Crippen LogP) is 4.83. The van der Waals surface area contributed by atoms with Gasteiger partial charge in [-0.2, -0.15) is 0 Å². The van der Waals surface area contributed by atoms with Crippen molar-refractivity contribution in [2.75, 3.05) is 20.1 Å². The molecule has 2 aromatic carbocycles. The maximum Gasteiger partial charge on any atom is 0.261 e. The summed E-state index contributed by atoms with van der Waals surface area (Å²) in [7, 11) is 2.03. The van der Waals surface area contributed by atoms with Gasteiger partial charge in [0.05, 0.1) is 15.8 Å². The zero-order valence-corrected chi connectivity index (χ0v) is 17.4. The van der Waals surface area contributed by atoms with Gasteiger partial charge in [-0.15, -0.1) is 11.3 Å². The minimum absolute atomic E-state index is 0.117. The van der Waals surface area contributed by atoms with Gasteiger partial charge >= 0.3 is 0 Å². The zero-order valence-electron chi connectivity index (χ0n) is 15.8. The van der Waals surface area contributed by atoms with Crippen LogP contribution >= 0.6 is 22.9 Å². The lowest BCUT2D eigenvalue weighted by Gasteiger charge is -2.14. The molecule has 0 aliphatic carbocycles. The second-order valence-electron chi connectivity index (χ2n) is 6.80. The normalized spacial score (nSPS) is 13.5. The van der Waals surface area contributed by atoms with Crippen LogP contribution in [0.25, 0.3) is 11.1 Å². The highest BCUT2D eigenvalue weighted by molar-refractivity contribution is 7.17. The lowest BCUT2D eigenvalue weighted by molar-refractivity contribution is 0.0954. The van der Waals surface area contributed by atoms with Crippen molar-refractivity contribution in [1.29, 1.82) is 0 Å². The van der Waals surface area contributed by atoms with Gasteiger partial charge in [-0.05, 0) is 29.3 Å². The van der Waals surface area contributed by atoms with E-state index < -0.39 is 0 Å². The first-order chi connectivity index (χ1) is 14.0. The Kier molecular flexibility index (Phi) is 5.65. The van der Waals surface area contributed by atoms with E-state index >= 15 is 0 Å². The second-order valence-corrected chi connectivity index (χ2v) is 8.51. The van der Waals surface area contributed by atoms with E-state index in [4.69, 9.17) is 11.6 Å². The molecule has 148 valence electrons. The highest BCUT2D eigenvalue weighted by Crippen LogP contribution is 2.24. The fraction of sp³-hybridized carbons (Fsp3) is 0.182. The molecule has 7 heteroatoms. The Hall–Kier alpha value is -2.70. The van der Waals surface area contributed by atoms with Gasteiger partial charge in [0.1, 0.15) is 11.7 Å². The number of aliphatic imine (C=N–C) groups is 1. The Morgan fingerprint density at radius 2 is 1.86 bits per heavy atom. The van der Waals surface area contributed by atoms with Crippen LogP contribution < -0.4 is 5.32 Å². The van der Waals surface area contributed by atoms with Crippen molar-refractivity contribution in [2.24, 2.45) is 4.99 Å². The summed E-state index contributed by atoms with van der Waals surface area (Å²) in [5, 5.41) is 2.73. The third-order valence-corrected chi connectivity index (χ3v) is 6.05. The lowest BCUT2D eigenvalue weighted by Crippen LogP contribution is -2.23. The van der Waals surface area contributed by atoms with Crippen molar-refractivity contribution in [3.05, 3.63) is 80.8 Å². The Bertz CT molecular complexity index is 1080. The molecule has 1 aliphatic heterocycles. The molecular formula is C22H19ClFN3OS. The lowest BCUT2D eigenvalue weighted by atomic mass is 10.0. The van der Waals surface area contributed by atoms with Crippen molar-refractivity contribution in [3.63, 3.8) is 0 Å². The highest BCUT2D eigenvalue weighted by atomic mass is 35.5. The van der Waals surface area contributed by atoms with Gasteiger partial charge in [0, 0.05) is 31.3 Å². The van der Waals surface area contributed by atoms with Crippen LogP contribution in [-0.4, -0.2) is 36.8 Å². The zero-order chi connectivity index (χ0) is 20.4. The number of amidine groups is 1. The van der Waals surface area contributed by atoms with Gasteiger partial charge in [-0.3, -0.25) is 9.79 Å². The number of carbonyl (C=O) groups is 1. The molecule has 0 saturated carbocycles. The Labute approximate surface area is 177 Å². The van der Waals surface area contributed by atoms with Crippen LogP contribution in [0.2, 0.25) is 4.34 Å². The standard InChI is InChI=1S/C22H19ClFN3OS/c1-27-11-10-25-21(27)15-4-2-14(3-5-15)16-6-7-17(18(24)12-16)13-26-22(28)19-8-9-20(23)29-19/h2-9,12H,10-11,13H2,1H3,(H,26,28). The van der Waals surface area contributed by atoms with E-state index in [1.165, 1.54) is 17.4 Å². The van der Waals surface area contributed by atoms with Gasteiger partial charge in [0.25, 0.3) is 5.91 Å².